The van der Waals surface area contributed by atoms with Crippen LogP contribution in [-0.4, -0.2) is 36.9 Å². The number of aliphatic imine (C=N–C) groups is 1. The van der Waals surface area contributed by atoms with Gasteiger partial charge in [-0.3, -0.25) is 15.0 Å². The Morgan fingerprint density at radius 2 is 1.90 bits per heavy atom. The zero-order chi connectivity index (χ0) is 20.4. The summed E-state index contributed by atoms with van der Waals surface area (Å²) in [5.41, 5.74) is 3.76. The van der Waals surface area contributed by atoms with Crippen molar-refractivity contribution in [2.75, 3.05) is 23.5 Å². The van der Waals surface area contributed by atoms with Crippen LogP contribution in [0.3, 0.4) is 0 Å². The number of hydrogen-bond donors (Lipinski definition) is 2. The third-order valence-corrected chi connectivity index (χ3v) is 4.75. The number of amidine groups is 1. The fourth-order valence-corrected chi connectivity index (χ4v) is 3.17. The van der Waals surface area contributed by atoms with E-state index in [4.69, 9.17) is 21.1 Å². The molecule has 150 valence electrons. The highest BCUT2D eigenvalue weighted by Crippen LogP contribution is 2.37. The molecule has 0 spiro atoms. The molecular weight excluding hydrogens is 396 g/mol. The Balaban J connectivity index is 1.56. The van der Waals surface area contributed by atoms with E-state index in [1.807, 2.05) is 6.07 Å². The number of carbonyl (C=O) groups is 2. The number of benzene rings is 2. The van der Waals surface area contributed by atoms with Crippen molar-refractivity contribution < 1.29 is 19.1 Å². The average Bonchev–Trinajstić information content (AvgIpc) is 2.95. The van der Waals surface area contributed by atoms with Gasteiger partial charge < -0.3 is 14.8 Å². The summed E-state index contributed by atoms with van der Waals surface area (Å²) < 4.78 is 11.2. The minimum atomic E-state index is -0.712. The first-order valence-corrected chi connectivity index (χ1v) is 9.54. The Morgan fingerprint density at radius 3 is 2.62 bits per heavy atom. The number of amides is 2. The lowest BCUT2D eigenvalue weighted by atomic mass is 10.2. The highest BCUT2D eigenvalue weighted by molar-refractivity contribution is 6.44. The number of nitrogens with one attached hydrogen (secondary N) is 2. The zero-order valence-electron chi connectivity index (χ0n) is 15.6. The normalized spacial score (nSPS) is 18.4. The molecule has 8 nitrogen and oxygen atoms in total. The summed E-state index contributed by atoms with van der Waals surface area (Å²) >= 11 is 6.30. The summed E-state index contributed by atoms with van der Waals surface area (Å²) in [6.07, 6.45) is 0.760. The van der Waals surface area contributed by atoms with Crippen LogP contribution in [0, 0.1) is 0 Å². The van der Waals surface area contributed by atoms with Crippen molar-refractivity contribution in [1.82, 2.24) is 5.43 Å². The molecule has 2 amide bonds. The quantitative estimate of drug-likeness (QED) is 0.805. The van der Waals surface area contributed by atoms with E-state index < -0.39 is 11.9 Å². The van der Waals surface area contributed by atoms with E-state index in [-0.39, 0.29) is 11.7 Å². The van der Waals surface area contributed by atoms with Gasteiger partial charge in [-0.15, -0.1) is 0 Å². The topological polar surface area (TPSA) is 92.3 Å². The van der Waals surface area contributed by atoms with E-state index in [0.29, 0.717) is 41.1 Å². The van der Waals surface area contributed by atoms with Crippen molar-refractivity contribution in [3.63, 3.8) is 0 Å². The summed E-state index contributed by atoms with van der Waals surface area (Å²) in [4.78, 5) is 29.5. The highest BCUT2D eigenvalue weighted by Gasteiger charge is 2.31. The molecule has 2 aliphatic heterocycles. The van der Waals surface area contributed by atoms with E-state index in [0.717, 1.165) is 6.42 Å². The van der Waals surface area contributed by atoms with Crippen LogP contribution < -0.4 is 25.2 Å². The Bertz CT molecular complexity index is 980. The Hall–Kier alpha value is -3.26. The number of anilines is 2. The first-order chi connectivity index (χ1) is 14.0. The average molecular weight is 415 g/mol. The molecule has 2 N–H and O–H groups in total. The van der Waals surface area contributed by atoms with Gasteiger partial charge in [-0.1, -0.05) is 29.8 Å². The van der Waals surface area contributed by atoms with Crippen molar-refractivity contribution >= 4 is 40.6 Å². The molecule has 2 aliphatic rings. The third kappa shape index (κ3) is 3.97. The van der Waals surface area contributed by atoms with Gasteiger partial charge in [0.25, 0.3) is 11.8 Å². The number of halogens is 1. The molecule has 2 heterocycles. The second-order valence-electron chi connectivity index (χ2n) is 6.56. The fraction of sp³-hybridized carbons (Fsp3) is 0.250. The van der Waals surface area contributed by atoms with Gasteiger partial charge in [0.05, 0.1) is 29.6 Å². The number of nitrogens with zero attached hydrogens (tertiary/aromatic N) is 2. The number of hydrazine groups is 1. The minimum Gasteiger partial charge on any atom is -0.490 e. The van der Waals surface area contributed by atoms with Crippen LogP contribution in [0.4, 0.5) is 11.4 Å². The number of ether oxygens (including phenoxy) is 2. The molecule has 9 heteroatoms. The molecule has 1 unspecified atom stereocenters. The zero-order valence-corrected chi connectivity index (χ0v) is 16.4. The molecule has 2 aromatic rings. The molecule has 0 fully saturated rings. The molecule has 0 aromatic heterocycles. The second kappa shape index (κ2) is 8.00. The Kier molecular flexibility index (Phi) is 5.26. The highest BCUT2D eigenvalue weighted by atomic mass is 35.5. The molecule has 2 aromatic carbocycles. The van der Waals surface area contributed by atoms with Gasteiger partial charge in [0, 0.05) is 18.6 Å². The van der Waals surface area contributed by atoms with Crippen molar-refractivity contribution in [2.45, 2.75) is 19.4 Å². The molecule has 0 saturated carbocycles. The van der Waals surface area contributed by atoms with Gasteiger partial charge in [-0.2, -0.15) is 0 Å². The number of fused-ring (bicyclic) bond motifs is 1. The van der Waals surface area contributed by atoms with Gasteiger partial charge in [-0.05, 0) is 19.1 Å². The molecule has 0 bridgehead atoms. The first kappa shape index (κ1) is 19.1. The van der Waals surface area contributed by atoms with Gasteiger partial charge in [0.2, 0.25) is 5.84 Å². The third-order valence-electron chi connectivity index (χ3n) is 4.43. The van der Waals surface area contributed by atoms with Crippen molar-refractivity contribution in [1.29, 1.82) is 0 Å². The number of hydrogen-bond acceptors (Lipinski definition) is 6. The van der Waals surface area contributed by atoms with Crippen molar-refractivity contribution in [3.05, 3.63) is 47.5 Å². The second-order valence-corrected chi connectivity index (χ2v) is 6.97. The van der Waals surface area contributed by atoms with Gasteiger partial charge in [0.15, 0.2) is 11.5 Å². The molecule has 0 saturated heterocycles. The van der Waals surface area contributed by atoms with E-state index in [1.165, 1.54) is 5.01 Å². The largest absolute Gasteiger partial charge is 0.490 e. The van der Waals surface area contributed by atoms with Crippen molar-refractivity contribution in [3.8, 4) is 11.5 Å². The lowest BCUT2D eigenvalue weighted by molar-refractivity contribution is -0.120. The number of rotatable bonds is 3. The van der Waals surface area contributed by atoms with E-state index in [2.05, 4.69) is 15.7 Å². The lowest BCUT2D eigenvalue weighted by Crippen LogP contribution is -2.57. The standard InChI is InChI=1S/C20H19ClN4O4/c1-12-20(27)25(13-6-3-2-4-7-13)24-18(22-12)19(26)23-15-11-17-16(10-14(15)21)28-8-5-9-29-17/h2-4,6-7,10-12H,5,8-9H2,1H3,(H,22,24)(H,23,26). The lowest BCUT2D eigenvalue weighted by Gasteiger charge is -2.30. The van der Waals surface area contributed by atoms with E-state index in [9.17, 15) is 9.59 Å². The summed E-state index contributed by atoms with van der Waals surface area (Å²) in [5, 5.41) is 4.34. The molecule has 4 rings (SSSR count). The maximum atomic E-state index is 12.8. The van der Waals surface area contributed by atoms with Gasteiger partial charge in [0.1, 0.15) is 6.04 Å². The molecule has 1 atom stereocenters. The van der Waals surface area contributed by atoms with Crippen LogP contribution in [0.15, 0.2) is 47.5 Å². The van der Waals surface area contributed by atoms with Gasteiger partial charge >= 0.3 is 0 Å². The van der Waals surface area contributed by atoms with Crippen molar-refractivity contribution in [2.24, 2.45) is 4.99 Å². The smallest absolute Gasteiger partial charge is 0.292 e. The molecular formula is C20H19ClN4O4. The summed E-state index contributed by atoms with van der Waals surface area (Å²) in [6, 6.07) is 11.5. The van der Waals surface area contributed by atoms with E-state index >= 15 is 0 Å². The summed E-state index contributed by atoms with van der Waals surface area (Å²) in [5.74, 6) is 0.260. The maximum absolute atomic E-state index is 12.8. The molecule has 29 heavy (non-hydrogen) atoms. The first-order valence-electron chi connectivity index (χ1n) is 9.17. The Labute approximate surface area is 172 Å². The van der Waals surface area contributed by atoms with Crippen LogP contribution in [0.25, 0.3) is 0 Å². The van der Waals surface area contributed by atoms with Gasteiger partial charge in [-0.25, -0.2) is 10.0 Å². The maximum Gasteiger partial charge on any atom is 0.292 e. The number of para-hydroxylation sites is 1. The fourth-order valence-electron chi connectivity index (χ4n) is 2.97. The van der Waals surface area contributed by atoms with Crippen LogP contribution in [0.1, 0.15) is 13.3 Å². The SMILES string of the molecule is CC1N=C(C(=O)Nc2cc3c(cc2Cl)OCCCO3)NN(c2ccccc2)C1=O. The van der Waals surface area contributed by atoms with E-state index in [1.54, 1.807) is 43.3 Å². The monoisotopic (exact) mass is 414 g/mol. The van der Waals surface area contributed by atoms with Crippen LogP contribution in [0.2, 0.25) is 5.02 Å². The predicted octanol–water partition coefficient (Wildman–Crippen LogP) is 2.78. The number of carbonyl (C=O) groups excluding carboxylic acids is 2. The predicted molar refractivity (Wildman–Crippen MR) is 110 cm³/mol. The Morgan fingerprint density at radius 1 is 1.21 bits per heavy atom. The summed E-state index contributed by atoms with van der Waals surface area (Å²) in [6.45, 7) is 2.69. The molecule has 0 radical (unpaired) electrons. The van der Waals surface area contributed by atoms with Crippen LogP contribution in [-0.2, 0) is 9.59 Å². The summed E-state index contributed by atoms with van der Waals surface area (Å²) in [7, 11) is 0. The minimum absolute atomic E-state index is 0.00383. The van der Waals surface area contributed by atoms with Crippen LogP contribution >= 0.6 is 11.6 Å². The molecule has 0 aliphatic carbocycles. The van der Waals surface area contributed by atoms with Crippen LogP contribution in [0.5, 0.6) is 11.5 Å².